The first-order valence-corrected chi connectivity index (χ1v) is 9.37. The van der Waals surface area contributed by atoms with Crippen LogP contribution in [0.4, 0.5) is 5.69 Å². The summed E-state index contributed by atoms with van der Waals surface area (Å²) in [5.41, 5.74) is 1.72. The van der Waals surface area contributed by atoms with E-state index in [9.17, 15) is 14.4 Å². The Bertz CT molecular complexity index is 911. The summed E-state index contributed by atoms with van der Waals surface area (Å²) < 4.78 is 10.3. The average molecular weight is 402 g/mol. The van der Waals surface area contributed by atoms with E-state index in [-0.39, 0.29) is 44.3 Å². The highest BCUT2D eigenvalue weighted by Gasteiger charge is 2.27. The number of hydrogen-bond donors (Lipinski definition) is 0. The van der Waals surface area contributed by atoms with E-state index in [1.807, 2.05) is 18.2 Å². The van der Waals surface area contributed by atoms with Gasteiger partial charge in [-0.2, -0.15) is 0 Å². The van der Waals surface area contributed by atoms with E-state index in [2.05, 4.69) is 0 Å². The molecule has 2 aromatic rings. The van der Waals surface area contributed by atoms with Gasteiger partial charge in [-0.3, -0.25) is 14.4 Å². The van der Waals surface area contributed by atoms with Crippen molar-refractivity contribution in [3.63, 3.8) is 0 Å². The Kier molecular flexibility index (Phi) is 6.31. The van der Waals surface area contributed by atoms with Gasteiger partial charge in [0, 0.05) is 17.0 Å². The summed E-state index contributed by atoms with van der Waals surface area (Å²) in [6.07, 6.45) is 0.0550. The molecule has 0 spiro atoms. The minimum Gasteiger partial charge on any atom is -0.482 e. The number of Topliss-reactive ketones (excluding diaryl/α,β-unsaturated/α-hetero) is 1. The van der Waals surface area contributed by atoms with Crippen molar-refractivity contribution in [2.75, 3.05) is 18.1 Å². The van der Waals surface area contributed by atoms with Gasteiger partial charge in [0.05, 0.1) is 25.3 Å². The Morgan fingerprint density at radius 1 is 1.18 bits per heavy atom. The lowest BCUT2D eigenvalue weighted by Crippen LogP contribution is -2.38. The number of rotatable bonds is 7. The lowest BCUT2D eigenvalue weighted by Gasteiger charge is -2.30. The average Bonchev–Trinajstić information content (AvgIpc) is 2.69. The molecule has 0 N–H and O–H groups in total. The smallest absolute Gasteiger partial charge is 0.306 e. The summed E-state index contributed by atoms with van der Waals surface area (Å²) >= 11 is 6.23. The number of ketones is 1. The molecule has 1 amide bonds. The number of halogens is 1. The van der Waals surface area contributed by atoms with Crippen LogP contribution in [0.25, 0.3) is 0 Å². The van der Waals surface area contributed by atoms with Crippen LogP contribution >= 0.6 is 11.6 Å². The standard InChI is InChI=1S/C21H20ClNO5/c1-2-27-21(26)10-8-18(24)14-7-9-19-17(11-14)23(20(25)13-28-19)12-15-5-3-4-6-16(15)22/h3-7,9,11H,2,8,10,12-13H2,1H3. The number of fused-ring (bicyclic) bond motifs is 1. The molecule has 0 aromatic heterocycles. The number of ether oxygens (including phenoxy) is 2. The van der Waals surface area contributed by atoms with Crippen molar-refractivity contribution >= 4 is 34.9 Å². The SMILES string of the molecule is CCOC(=O)CCC(=O)c1ccc2c(c1)N(Cc1ccccc1Cl)C(=O)CO2. The summed E-state index contributed by atoms with van der Waals surface area (Å²) in [5.74, 6) is -0.309. The largest absolute Gasteiger partial charge is 0.482 e. The van der Waals surface area contributed by atoms with Crippen LogP contribution in [-0.4, -0.2) is 30.9 Å². The molecular formula is C21H20ClNO5. The van der Waals surface area contributed by atoms with Gasteiger partial charge >= 0.3 is 5.97 Å². The molecule has 3 rings (SSSR count). The lowest BCUT2D eigenvalue weighted by molar-refractivity contribution is -0.143. The van der Waals surface area contributed by atoms with Gasteiger partial charge < -0.3 is 14.4 Å². The van der Waals surface area contributed by atoms with Gasteiger partial charge in [0.15, 0.2) is 12.4 Å². The van der Waals surface area contributed by atoms with Crippen molar-refractivity contribution in [3.05, 3.63) is 58.6 Å². The van der Waals surface area contributed by atoms with Gasteiger partial charge in [-0.05, 0) is 36.8 Å². The second kappa shape index (κ2) is 8.89. The zero-order chi connectivity index (χ0) is 20.1. The number of benzene rings is 2. The molecular weight excluding hydrogens is 382 g/mol. The molecule has 0 aliphatic carbocycles. The van der Waals surface area contributed by atoms with Gasteiger partial charge in [0.25, 0.3) is 5.91 Å². The third-order valence-corrected chi connectivity index (χ3v) is 4.74. The molecule has 0 unspecified atom stereocenters. The summed E-state index contributed by atoms with van der Waals surface area (Å²) in [7, 11) is 0. The summed E-state index contributed by atoms with van der Waals surface area (Å²) in [4.78, 5) is 38.0. The molecule has 146 valence electrons. The Labute approximate surface area is 168 Å². The van der Waals surface area contributed by atoms with E-state index in [0.717, 1.165) is 5.56 Å². The number of esters is 1. The van der Waals surface area contributed by atoms with E-state index in [1.165, 1.54) is 0 Å². The maximum absolute atomic E-state index is 12.5. The molecule has 0 saturated carbocycles. The highest BCUT2D eigenvalue weighted by molar-refractivity contribution is 6.31. The van der Waals surface area contributed by atoms with Gasteiger partial charge in [0.2, 0.25) is 0 Å². The van der Waals surface area contributed by atoms with Crippen LogP contribution in [0.5, 0.6) is 5.75 Å². The normalized spacial score (nSPS) is 12.9. The Hall–Kier alpha value is -2.86. The third-order valence-electron chi connectivity index (χ3n) is 4.37. The van der Waals surface area contributed by atoms with Crippen molar-refractivity contribution in [3.8, 4) is 5.75 Å². The first-order chi connectivity index (χ1) is 13.5. The molecule has 0 fully saturated rings. The fourth-order valence-electron chi connectivity index (χ4n) is 2.94. The molecule has 0 saturated heterocycles. The second-order valence-corrected chi connectivity index (χ2v) is 6.68. The number of nitrogens with zero attached hydrogens (tertiary/aromatic N) is 1. The Balaban J connectivity index is 1.82. The number of carbonyl (C=O) groups is 3. The molecule has 1 heterocycles. The van der Waals surface area contributed by atoms with Gasteiger partial charge in [-0.15, -0.1) is 0 Å². The molecule has 2 aromatic carbocycles. The topological polar surface area (TPSA) is 72.9 Å². The van der Waals surface area contributed by atoms with Crippen LogP contribution in [-0.2, 0) is 20.9 Å². The molecule has 28 heavy (non-hydrogen) atoms. The van der Waals surface area contributed by atoms with Crippen molar-refractivity contribution in [2.24, 2.45) is 0 Å². The number of carbonyl (C=O) groups excluding carboxylic acids is 3. The van der Waals surface area contributed by atoms with Crippen LogP contribution in [0.15, 0.2) is 42.5 Å². The first-order valence-electron chi connectivity index (χ1n) is 8.99. The van der Waals surface area contributed by atoms with Gasteiger partial charge in [-0.25, -0.2) is 0 Å². The van der Waals surface area contributed by atoms with Crippen molar-refractivity contribution in [1.29, 1.82) is 0 Å². The quantitative estimate of drug-likeness (QED) is 0.521. The van der Waals surface area contributed by atoms with Crippen LogP contribution in [0.1, 0.15) is 35.7 Å². The van der Waals surface area contributed by atoms with Crippen LogP contribution in [0.2, 0.25) is 5.02 Å². The van der Waals surface area contributed by atoms with E-state index >= 15 is 0 Å². The Morgan fingerprint density at radius 2 is 1.96 bits per heavy atom. The van der Waals surface area contributed by atoms with E-state index in [4.69, 9.17) is 21.1 Å². The number of hydrogen-bond acceptors (Lipinski definition) is 5. The first kappa shape index (κ1) is 19.9. The number of anilines is 1. The van der Waals surface area contributed by atoms with Gasteiger partial charge in [-0.1, -0.05) is 29.8 Å². The molecule has 0 atom stereocenters. The van der Waals surface area contributed by atoms with Gasteiger partial charge in [0.1, 0.15) is 5.75 Å². The zero-order valence-corrected chi connectivity index (χ0v) is 16.2. The van der Waals surface area contributed by atoms with Crippen molar-refractivity contribution in [2.45, 2.75) is 26.3 Å². The number of amides is 1. The molecule has 7 heteroatoms. The van der Waals surface area contributed by atoms with Crippen LogP contribution in [0, 0.1) is 0 Å². The minimum absolute atomic E-state index is 0.0164. The Morgan fingerprint density at radius 3 is 2.71 bits per heavy atom. The lowest BCUT2D eigenvalue weighted by atomic mass is 10.0. The maximum atomic E-state index is 12.5. The molecule has 6 nitrogen and oxygen atoms in total. The molecule has 0 bridgehead atoms. The fourth-order valence-corrected chi connectivity index (χ4v) is 3.13. The van der Waals surface area contributed by atoms with E-state index < -0.39 is 5.97 Å². The van der Waals surface area contributed by atoms with Crippen LogP contribution < -0.4 is 9.64 Å². The minimum atomic E-state index is -0.410. The molecule has 1 aliphatic heterocycles. The highest BCUT2D eigenvalue weighted by atomic mass is 35.5. The maximum Gasteiger partial charge on any atom is 0.306 e. The summed E-state index contributed by atoms with van der Waals surface area (Å²) in [6, 6.07) is 12.2. The van der Waals surface area contributed by atoms with E-state index in [0.29, 0.717) is 22.0 Å². The predicted octanol–water partition coefficient (Wildman–Crippen LogP) is 3.79. The third kappa shape index (κ3) is 4.51. The summed E-state index contributed by atoms with van der Waals surface area (Å²) in [5, 5.41) is 0.560. The second-order valence-electron chi connectivity index (χ2n) is 6.27. The zero-order valence-electron chi connectivity index (χ0n) is 15.4. The highest BCUT2D eigenvalue weighted by Crippen LogP contribution is 2.35. The van der Waals surface area contributed by atoms with Crippen LogP contribution in [0.3, 0.4) is 0 Å². The van der Waals surface area contributed by atoms with Crippen molar-refractivity contribution < 1.29 is 23.9 Å². The molecule has 0 radical (unpaired) electrons. The fraction of sp³-hybridized carbons (Fsp3) is 0.286. The van der Waals surface area contributed by atoms with E-state index in [1.54, 1.807) is 36.1 Å². The predicted molar refractivity (Wildman–Crippen MR) is 105 cm³/mol. The monoisotopic (exact) mass is 401 g/mol. The molecule has 1 aliphatic rings. The van der Waals surface area contributed by atoms with Crippen molar-refractivity contribution in [1.82, 2.24) is 0 Å². The summed E-state index contributed by atoms with van der Waals surface area (Å²) in [6.45, 7) is 2.19.